The molecule has 3 heterocycles. The Balaban J connectivity index is 1.43. The van der Waals surface area contributed by atoms with Crippen molar-refractivity contribution in [1.82, 2.24) is 4.57 Å². The summed E-state index contributed by atoms with van der Waals surface area (Å²) < 4.78 is 17.5. The van der Waals surface area contributed by atoms with E-state index in [1.165, 1.54) is 31.0 Å². The third kappa shape index (κ3) is 5.99. The third-order valence-corrected chi connectivity index (χ3v) is 6.38. The smallest absolute Gasteiger partial charge is 0.350 e. The first kappa shape index (κ1) is 24.3. The largest absolute Gasteiger partial charge is 0.493 e. The molecule has 182 valence electrons. The summed E-state index contributed by atoms with van der Waals surface area (Å²) in [5, 5.41) is 5.01. The van der Waals surface area contributed by atoms with E-state index in [0.29, 0.717) is 24.6 Å². The Labute approximate surface area is 206 Å². The SMILES string of the molecule is Cc1c(Cn2ccc(OCCc3cccs3)cc2=O)cccc1NC=C1C(=O)OC(C)(C)OC1=O. The van der Waals surface area contributed by atoms with E-state index in [2.05, 4.69) is 11.4 Å². The topological polar surface area (TPSA) is 95.9 Å². The van der Waals surface area contributed by atoms with Crippen molar-refractivity contribution in [1.29, 1.82) is 0 Å². The van der Waals surface area contributed by atoms with Crippen molar-refractivity contribution in [3.05, 3.63) is 92.2 Å². The van der Waals surface area contributed by atoms with Gasteiger partial charge in [0.25, 0.3) is 11.3 Å². The molecule has 1 aliphatic heterocycles. The minimum absolute atomic E-state index is 0.172. The van der Waals surface area contributed by atoms with Gasteiger partial charge in [0.05, 0.1) is 13.2 Å². The van der Waals surface area contributed by atoms with Crippen molar-refractivity contribution in [3.63, 3.8) is 0 Å². The number of pyridine rings is 1. The van der Waals surface area contributed by atoms with Gasteiger partial charge < -0.3 is 24.1 Å². The van der Waals surface area contributed by atoms with Gasteiger partial charge in [-0.25, -0.2) is 9.59 Å². The molecule has 1 N–H and O–H groups in total. The second kappa shape index (κ2) is 10.2. The summed E-state index contributed by atoms with van der Waals surface area (Å²) in [5.41, 5.74) is 2.05. The zero-order valence-corrected chi connectivity index (χ0v) is 20.5. The van der Waals surface area contributed by atoms with Gasteiger partial charge in [0.1, 0.15) is 5.75 Å². The molecule has 35 heavy (non-hydrogen) atoms. The molecule has 2 aromatic heterocycles. The van der Waals surface area contributed by atoms with Crippen LogP contribution in [0, 0.1) is 6.92 Å². The van der Waals surface area contributed by atoms with Crippen LogP contribution in [-0.2, 0) is 32.0 Å². The number of carbonyl (C=O) groups excluding carboxylic acids is 2. The van der Waals surface area contributed by atoms with Crippen LogP contribution in [0.2, 0.25) is 0 Å². The fourth-order valence-electron chi connectivity index (χ4n) is 3.56. The molecule has 0 aliphatic carbocycles. The number of esters is 2. The molecule has 0 saturated carbocycles. The number of cyclic esters (lactones) is 2. The zero-order chi connectivity index (χ0) is 25.0. The maximum atomic E-state index is 12.6. The maximum absolute atomic E-state index is 12.6. The lowest BCUT2D eigenvalue weighted by atomic mass is 10.1. The number of ether oxygens (including phenoxy) is 3. The van der Waals surface area contributed by atoms with E-state index in [1.807, 2.05) is 36.6 Å². The van der Waals surface area contributed by atoms with Crippen LogP contribution in [0.5, 0.6) is 5.75 Å². The number of anilines is 1. The summed E-state index contributed by atoms with van der Waals surface area (Å²) in [4.78, 5) is 38.2. The zero-order valence-electron chi connectivity index (χ0n) is 19.7. The lowest BCUT2D eigenvalue weighted by Crippen LogP contribution is -2.42. The molecule has 0 bridgehead atoms. The number of rotatable bonds is 8. The van der Waals surface area contributed by atoms with Crippen LogP contribution in [0.1, 0.15) is 29.9 Å². The fourth-order valence-corrected chi connectivity index (χ4v) is 4.25. The number of hydrogen-bond donors (Lipinski definition) is 1. The van der Waals surface area contributed by atoms with Crippen LogP contribution in [0.15, 0.2) is 70.6 Å². The van der Waals surface area contributed by atoms with Crippen LogP contribution in [-0.4, -0.2) is 28.9 Å². The van der Waals surface area contributed by atoms with Crippen molar-refractivity contribution in [3.8, 4) is 5.75 Å². The highest BCUT2D eigenvalue weighted by molar-refractivity contribution is 7.09. The van der Waals surface area contributed by atoms with E-state index in [0.717, 1.165) is 17.5 Å². The van der Waals surface area contributed by atoms with Gasteiger partial charge in [-0.3, -0.25) is 4.79 Å². The van der Waals surface area contributed by atoms with Crippen molar-refractivity contribution >= 4 is 29.0 Å². The molecule has 0 spiro atoms. The first-order valence-corrected chi connectivity index (χ1v) is 12.0. The molecule has 4 rings (SSSR count). The first-order valence-electron chi connectivity index (χ1n) is 11.1. The Bertz CT molecular complexity index is 1300. The molecule has 1 fully saturated rings. The van der Waals surface area contributed by atoms with Gasteiger partial charge in [0.2, 0.25) is 0 Å². The van der Waals surface area contributed by atoms with Gasteiger partial charge in [0.15, 0.2) is 5.57 Å². The highest BCUT2D eigenvalue weighted by Crippen LogP contribution is 2.24. The second-order valence-corrected chi connectivity index (χ2v) is 9.51. The summed E-state index contributed by atoms with van der Waals surface area (Å²) in [6.45, 7) is 5.73. The number of hydrogen-bond acceptors (Lipinski definition) is 8. The predicted octanol–water partition coefficient (Wildman–Crippen LogP) is 4.02. The van der Waals surface area contributed by atoms with Crippen molar-refractivity contribution in [2.24, 2.45) is 0 Å². The molecule has 1 aliphatic rings. The van der Waals surface area contributed by atoms with E-state index in [1.54, 1.807) is 28.2 Å². The van der Waals surface area contributed by atoms with Crippen molar-refractivity contribution < 1.29 is 23.8 Å². The Morgan fingerprint density at radius 1 is 1.09 bits per heavy atom. The molecule has 1 saturated heterocycles. The van der Waals surface area contributed by atoms with E-state index in [-0.39, 0.29) is 11.1 Å². The van der Waals surface area contributed by atoms with Crippen LogP contribution in [0.4, 0.5) is 5.69 Å². The van der Waals surface area contributed by atoms with Gasteiger partial charge in [-0.05, 0) is 41.6 Å². The standard InChI is InChI=1S/C26H26N2O6S/c1-17-18(6-4-8-22(17)27-15-21-24(30)33-26(2,3)34-25(21)31)16-28-11-9-19(14-23(28)29)32-12-10-20-7-5-13-35-20/h4-9,11,13-15,27H,10,12,16H2,1-3H3. The molecular weight excluding hydrogens is 468 g/mol. The third-order valence-electron chi connectivity index (χ3n) is 5.44. The van der Waals surface area contributed by atoms with Crippen molar-refractivity contribution in [2.45, 2.75) is 39.5 Å². The minimum atomic E-state index is -1.29. The highest BCUT2D eigenvalue weighted by Gasteiger charge is 2.38. The number of benzene rings is 1. The number of aromatic nitrogens is 1. The fraction of sp³-hybridized carbons (Fsp3) is 0.269. The number of carbonyl (C=O) groups is 2. The molecule has 8 nitrogen and oxygen atoms in total. The lowest BCUT2D eigenvalue weighted by Gasteiger charge is -2.29. The molecular formula is C26H26N2O6S. The maximum Gasteiger partial charge on any atom is 0.350 e. The summed E-state index contributed by atoms with van der Waals surface area (Å²) in [6.07, 6.45) is 3.78. The summed E-state index contributed by atoms with van der Waals surface area (Å²) >= 11 is 1.68. The van der Waals surface area contributed by atoms with E-state index < -0.39 is 17.7 Å². The summed E-state index contributed by atoms with van der Waals surface area (Å²) in [6, 6.07) is 12.9. The van der Waals surface area contributed by atoms with Gasteiger partial charge >= 0.3 is 11.9 Å². The van der Waals surface area contributed by atoms with Gasteiger partial charge in [-0.15, -0.1) is 11.3 Å². The number of nitrogens with zero attached hydrogens (tertiary/aromatic N) is 1. The van der Waals surface area contributed by atoms with E-state index >= 15 is 0 Å². The lowest BCUT2D eigenvalue weighted by molar-refractivity contribution is -0.222. The predicted molar refractivity (Wildman–Crippen MR) is 132 cm³/mol. The molecule has 0 unspecified atom stereocenters. The Kier molecular flexibility index (Phi) is 7.07. The van der Waals surface area contributed by atoms with Gasteiger partial charge in [-0.2, -0.15) is 0 Å². The minimum Gasteiger partial charge on any atom is -0.493 e. The van der Waals surface area contributed by atoms with Gasteiger partial charge in [-0.1, -0.05) is 18.2 Å². The highest BCUT2D eigenvalue weighted by atomic mass is 32.1. The number of thiophene rings is 1. The summed E-state index contributed by atoms with van der Waals surface area (Å²) in [7, 11) is 0. The Morgan fingerprint density at radius 2 is 1.86 bits per heavy atom. The normalized spacial score (nSPS) is 14.8. The molecule has 0 amide bonds. The monoisotopic (exact) mass is 494 g/mol. The van der Waals surface area contributed by atoms with E-state index in [4.69, 9.17) is 14.2 Å². The molecule has 0 radical (unpaired) electrons. The average Bonchev–Trinajstić information content (AvgIpc) is 3.30. The van der Waals surface area contributed by atoms with E-state index in [9.17, 15) is 14.4 Å². The summed E-state index contributed by atoms with van der Waals surface area (Å²) in [5.74, 6) is -2.26. The number of nitrogens with one attached hydrogen (secondary N) is 1. The van der Waals surface area contributed by atoms with Gasteiger partial charge in [0, 0.05) is 49.3 Å². The Morgan fingerprint density at radius 3 is 2.54 bits per heavy atom. The Hall–Kier alpha value is -3.85. The van der Waals surface area contributed by atoms with Crippen LogP contribution < -0.4 is 15.6 Å². The second-order valence-electron chi connectivity index (χ2n) is 8.48. The molecule has 0 atom stereocenters. The quantitative estimate of drug-likeness (QED) is 0.287. The van der Waals surface area contributed by atoms with Crippen molar-refractivity contribution in [2.75, 3.05) is 11.9 Å². The average molecular weight is 495 g/mol. The molecule has 1 aromatic carbocycles. The van der Waals surface area contributed by atoms with Crippen LogP contribution in [0.3, 0.4) is 0 Å². The van der Waals surface area contributed by atoms with Crippen LogP contribution >= 0.6 is 11.3 Å². The molecule has 9 heteroatoms. The van der Waals surface area contributed by atoms with Crippen LogP contribution in [0.25, 0.3) is 0 Å². The molecule has 3 aromatic rings. The first-order chi connectivity index (χ1) is 16.7.